The third-order valence-electron chi connectivity index (χ3n) is 6.42. The maximum Gasteiger partial charge on any atom is 0.256 e. The number of hydrogen-bond acceptors (Lipinski definition) is 5. The Morgan fingerprint density at radius 3 is 2.44 bits per heavy atom. The average Bonchev–Trinajstić information content (AvgIpc) is 3.24. The fourth-order valence-electron chi connectivity index (χ4n) is 4.61. The topological polar surface area (TPSA) is 87.7 Å². The number of nitrogens with one attached hydrogen (secondary N) is 2. The third kappa shape index (κ3) is 4.39. The van der Waals surface area contributed by atoms with Crippen LogP contribution in [0.25, 0.3) is 0 Å². The lowest BCUT2D eigenvalue weighted by Gasteiger charge is -2.32. The lowest BCUT2D eigenvalue weighted by Crippen LogP contribution is -2.58. The Kier molecular flexibility index (Phi) is 6.62. The Labute approximate surface area is 204 Å². The first-order valence-electron chi connectivity index (χ1n) is 11.4. The highest BCUT2D eigenvalue weighted by Gasteiger charge is 2.57. The maximum absolute atomic E-state index is 13.6. The molecule has 0 spiro atoms. The molecule has 2 aliphatic heterocycles. The second-order valence-corrected chi connectivity index (χ2v) is 11.3. The van der Waals surface area contributed by atoms with Gasteiger partial charge in [-0.25, -0.2) is 0 Å². The Morgan fingerprint density at radius 2 is 1.79 bits per heavy atom. The van der Waals surface area contributed by atoms with Gasteiger partial charge in [-0.1, -0.05) is 44.2 Å². The van der Waals surface area contributed by atoms with E-state index in [0.717, 1.165) is 16.9 Å². The summed E-state index contributed by atoms with van der Waals surface area (Å²) >= 11 is 1.61. The maximum atomic E-state index is 13.6. The van der Waals surface area contributed by atoms with E-state index in [-0.39, 0.29) is 29.0 Å². The van der Waals surface area contributed by atoms with Crippen LogP contribution in [-0.4, -0.2) is 46.6 Å². The number of thioether (sulfide) groups is 1. The quantitative estimate of drug-likeness (QED) is 0.632. The van der Waals surface area contributed by atoms with Crippen LogP contribution >= 0.6 is 11.8 Å². The normalized spacial score (nSPS) is 21.1. The van der Waals surface area contributed by atoms with Crippen LogP contribution in [-0.2, 0) is 16.1 Å². The van der Waals surface area contributed by atoms with E-state index in [0.29, 0.717) is 12.1 Å². The van der Waals surface area contributed by atoms with Crippen LogP contribution in [0.4, 0.5) is 0 Å². The fourth-order valence-corrected chi connectivity index (χ4v) is 6.20. The number of rotatable bonds is 7. The van der Waals surface area contributed by atoms with E-state index < -0.39 is 16.8 Å². The van der Waals surface area contributed by atoms with Gasteiger partial charge in [-0.15, -0.1) is 11.8 Å². The zero-order valence-corrected chi connectivity index (χ0v) is 20.9. The van der Waals surface area contributed by atoms with Crippen LogP contribution in [0.2, 0.25) is 0 Å². The van der Waals surface area contributed by atoms with Crippen molar-refractivity contribution in [1.82, 2.24) is 15.5 Å². The van der Waals surface area contributed by atoms with E-state index in [9.17, 15) is 14.4 Å². The van der Waals surface area contributed by atoms with Gasteiger partial charge < -0.3 is 20.3 Å². The minimum absolute atomic E-state index is 0.126. The molecule has 34 heavy (non-hydrogen) atoms. The molecule has 0 aromatic heterocycles. The van der Waals surface area contributed by atoms with Gasteiger partial charge >= 0.3 is 0 Å². The summed E-state index contributed by atoms with van der Waals surface area (Å²) in [5, 5.41) is 5.68. The number of ether oxygens (including phenoxy) is 1. The van der Waals surface area contributed by atoms with Crippen molar-refractivity contribution in [1.29, 1.82) is 0 Å². The molecule has 0 saturated carbocycles. The van der Waals surface area contributed by atoms with Crippen molar-refractivity contribution >= 4 is 29.5 Å². The van der Waals surface area contributed by atoms with Crippen LogP contribution in [0.1, 0.15) is 54.6 Å². The van der Waals surface area contributed by atoms with Crippen LogP contribution in [0, 0.1) is 5.92 Å². The summed E-state index contributed by atoms with van der Waals surface area (Å²) in [5.41, 5.74) is 2.52. The van der Waals surface area contributed by atoms with Crippen molar-refractivity contribution in [2.24, 2.45) is 5.92 Å². The summed E-state index contributed by atoms with van der Waals surface area (Å²) < 4.78 is 4.67. The summed E-state index contributed by atoms with van der Waals surface area (Å²) in [7, 11) is 1.60. The van der Waals surface area contributed by atoms with E-state index in [1.54, 1.807) is 23.8 Å². The smallest absolute Gasteiger partial charge is 0.256 e. The Morgan fingerprint density at radius 1 is 1.12 bits per heavy atom. The highest BCUT2D eigenvalue weighted by Crippen LogP contribution is 2.56. The Bertz CT molecular complexity index is 1100. The number of amides is 3. The number of methoxy groups -OCH3 is 1. The van der Waals surface area contributed by atoms with Gasteiger partial charge in [-0.05, 0) is 49.1 Å². The predicted octanol–water partition coefficient (Wildman–Crippen LogP) is 3.50. The molecule has 8 heteroatoms. The van der Waals surface area contributed by atoms with E-state index >= 15 is 0 Å². The van der Waals surface area contributed by atoms with Crippen molar-refractivity contribution in [3.05, 3.63) is 65.2 Å². The Hall–Kier alpha value is -3.00. The molecule has 2 heterocycles. The van der Waals surface area contributed by atoms with Crippen molar-refractivity contribution in [3.8, 4) is 5.75 Å². The second-order valence-electron chi connectivity index (χ2n) is 9.57. The first-order valence-corrected chi connectivity index (χ1v) is 12.3. The molecule has 4 rings (SSSR count). The number of carbonyl (C=O) groups is 3. The van der Waals surface area contributed by atoms with Gasteiger partial charge in [0.1, 0.15) is 23.2 Å². The fraction of sp³-hybridized carbons (Fsp3) is 0.423. The zero-order valence-electron chi connectivity index (χ0n) is 20.1. The minimum atomic E-state index is -0.717. The SMILES string of the molecule is COc1ccc(CNC(=O)[C@@H](NC(=O)[C@@H]2N3C(=O)c4ccccc4[C@@H]3SC2(C)C)C(C)C)cc1. The molecular formula is C26H31N3O4S. The van der Waals surface area contributed by atoms with Gasteiger partial charge in [0.25, 0.3) is 5.91 Å². The first kappa shape index (κ1) is 24.1. The molecule has 2 aromatic carbocycles. The largest absolute Gasteiger partial charge is 0.497 e. The molecule has 2 aliphatic rings. The standard InChI is InChI=1S/C26H31N3O4S/c1-15(2)20(22(30)27-14-16-10-12-17(33-5)13-11-16)28-23(31)21-26(3,4)34-25-19-9-7-6-8-18(19)24(32)29(21)25/h6-13,15,20-21,25H,14H2,1-5H3,(H,27,30)(H,28,31)/t20-,21-,25-/m0/s1. The highest BCUT2D eigenvalue weighted by atomic mass is 32.2. The summed E-state index contributed by atoms with van der Waals surface area (Å²) in [6, 6.07) is 13.6. The van der Waals surface area contributed by atoms with Gasteiger partial charge in [0.2, 0.25) is 11.8 Å². The van der Waals surface area contributed by atoms with Crippen LogP contribution in [0.3, 0.4) is 0 Å². The number of benzene rings is 2. The van der Waals surface area contributed by atoms with Crippen LogP contribution in [0.5, 0.6) is 5.75 Å². The highest BCUT2D eigenvalue weighted by molar-refractivity contribution is 8.01. The lowest BCUT2D eigenvalue weighted by molar-refractivity contribution is -0.132. The van der Waals surface area contributed by atoms with Gasteiger partial charge in [-0.3, -0.25) is 14.4 Å². The van der Waals surface area contributed by atoms with Crippen molar-refractivity contribution in [2.75, 3.05) is 7.11 Å². The average molecular weight is 482 g/mol. The molecule has 0 radical (unpaired) electrons. The van der Waals surface area contributed by atoms with Gasteiger partial charge in [0, 0.05) is 16.9 Å². The monoisotopic (exact) mass is 481 g/mol. The zero-order chi connectivity index (χ0) is 24.6. The first-order chi connectivity index (χ1) is 16.1. The molecule has 0 aliphatic carbocycles. The van der Waals surface area contributed by atoms with Crippen LogP contribution < -0.4 is 15.4 Å². The van der Waals surface area contributed by atoms with Gasteiger partial charge in [0.05, 0.1) is 7.11 Å². The van der Waals surface area contributed by atoms with E-state index in [4.69, 9.17) is 4.74 Å². The molecule has 7 nitrogen and oxygen atoms in total. The van der Waals surface area contributed by atoms with Crippen molar-refractivity contribution < 1.29 is 19.1 Å². The van der Waals surface area contributed by atoms with Crippen LogP contribution in [0.15, 0.2) is 48.5 Å². The number of fused-ring (bicyclic) bond motifs is 3. The van der Waals surface area contributed by atoms with E-state index in [2.05, 4.69) is 10.6 Å². The molecule has 3 atom stereocenters. The van der Waals surface area contributed by atoms with Gasteiger partial charge in [0.15, 0.2) is 0 Å². The molecule has 3 amide bonds. The van der Waals surface area contributed by atoms with E-state index in [1.165, 1.54) is 0 Å². The van der Waals surface area contributed by atoms with E-state index in [1.807, 2.05) is 76.2 Å². The number of hydrogen-bond donors (Lipinski definition) is 2. The third-order valence-corrected chi connectivity index (χ3v) is 7.95. The molecule has 2 aromatic rings. The molecular weight excluding hydrogens is 450 g/mol. The molecule has 0 bridgehead atoms. The summed E-state index contributed by atoms with van der Waals surface area (Å²) in [4.78, 5) is 41.4. The minimum Gasteiger partial charge on any atom is -0.497 e. The molecule has 1 fully saturated rings. The summed E-state index contributed by atoms with van der Waals surface area (Å²) in [6.07, 6.45) is 0. The summed E-state index contributed by atoms with van der Waals surface area (Å²) in [6.45, 7) is 8.08. The number of nitrogens with zero attached hydrogens (tertiary/aromatic N) is 1. The van der Waals surface area contributed by atoms with Gasteiger partial charge in [-0.2, -0.15) is 0 Å². The molecule has 2 N–H and O–H groups in total. The predicted molar refractivity (Wildman–Crippen MR) is 132 cm³/mol. The molecule has 0 unspecified atom stereocenters. The molecule has 1 saturated heterocycles. The number of carbonyl (C=O) groups excluding carboxylic acids is 3. The second kappa shape index (κ2) is 9.33. The lowest BCUT2D eigenvalue weighted by atomic mass is 9.98. The van der Waals surface area contributed by atoms with Crippen molar-refractivity contribution in [2.45, 2.75) is 56.4 Å². The summed E-state index contributed by atoms with van der Waals surface area (Å²) in [5.74, 6) is -0.0749. The Balaban J connectivity index is 1.47. The van der Waals surface area contributed by atoms with Crippen molar-refractivity contribution in [3.63, 3.8) is 0 Å². The molecule has 180 valence electrons.